The average Bonchev–Trinajstić information content (AvgIpc) is 2.98. The fraction of sp³-hybridized carbons (Fsp3) is 0.562. The SMILES string of the molecule is C[C@@H](C[NH+]1CCCC1)N(C)C(=O)OCc1ccccc1. The number of rotatable bonds is 5. The van der Waals surface area contributed by atoms with Gasteiger partial charge in [0.1, 0.15) is 6.61 Å². The predicted octanol–water partition coefficient (Wildman–Crippen LogP) is 1.32. The van der Waals surface area contributed by atoms with Gasteiger partial charge in [0.15, 0.2) is 0 Å². The Bertz CT molecular complexity index is 416. The van der Waals surface area contributed by atoms with Gasteiger partial charge in [-0.1, -0.05) is 30.3 Å². The van der Waals surface area contributed by atoms with Crippen molar-refractivity contribution < 1.29 is 14.4 Å². The van der Waals surface area contributed by atoms with Crippen LogP contribution in [0.3, 0.4) is 0 Å². The number of carbonyl (C=O) groups is 1. The van der Waals surface area contributed by atoms with Crippen LogP contribution in [0.15, 0.2) is 30.3 Å². The monoisotopic (exact) mass is 277 g/mol. The summed E-state index contributed by atoms with van der Waals surface area (Å²) in [7, 11) is 1.83. The summed E-state index contributed by atoms with van der Waals surface area (Å²) < 4.78 is 5.35. The van der Waals surface area contributed by atoms with Gasteiger partial charge in [-0.25, -0.2) is 4.79 Å². The van der Waals surface area contributed by atoms with Crippen LogP contribution in [0.5, 0.6) is 0 Å². The first-order valence-electron chi connectivity index (χ1n) is 7.44. The smallest absolute Gasteiger partial charge is 0.410 e. The van der Waals surface area contributed by atoms with Crippen molar-refractivity contribution in [2.45, 2.75) is 32.4 Å². The van der Waals surface area contributed by atoms with Crippen molar-refractivity contribution in [2.24, 2.45) is 0 Å². The number of quaternary nitrogens is 1. The molecule has 1 aliphatic heterocycles. The summed E-state index contributed by atoms with van der Waals surface area (Å²) in [6, 6.07) is 10.00. The highest BCUT2D eigenvalue weighted by Crippen LogP contribution is 2.04. The quantitative estimate of drug-likeness (QED) is 0.881. The van der Waals surface area contributed by atoms with Crippen LogP contribution in [0.1, 0.15) is 25.3 Å². The van der Waals surface area contributed by atoms with E-state index in [1.54, 1.807) is 9.80 Å². The molecule has 0 bridgehead atoms. The number of likely N-dealkylation sites (tertiary alicyclic amines) is 1. The van der Waals surface area contributed by atoms with Crippen molar-refractivity contribution in [2.75, 3.05) is 26.7 Å². The lowest BCUT2D eigenvalue weighted by molar-refractivity contribution is -0.889. The van der Waals surface area contributed by atoms with Crippen LogP contribution in [-0.2, 0) is 11.3 Å². The van der Waals surface area contributed by atoms with E-state index in [9.17, 15) is 4.79 Å². The number of nitrogens with one attached hydrogen (secondary N) is 1. The second-order valence-corrected chi connectivity index (χ2v) is 5.66. The van der Waals surface area contributed by atoms with Gasteiger partial charge < -0.3 is 14.5 Å². The average molecular weight is 277 g/mol. The zero-order valence-corrected chi connectivity index (χ0v) is 12.5. The molecule has 0 aliphatic carbocycles. The Hall–Kier alpha value is -1.55. The number of benzene rings is 1. The Morgan fingerprint density at radius 3 is 2.60 bits per heavy atom. The van der Waals surface area contributed by atoms with Gasteiger partial charge in [0.2, 0.25) is 0 Å². The lowest BCUT2D eigenvalue weighted by atomic mass is 10.2. The lowest BCUT2D eigenvalue weighted by Gasteiger charge is -2.26. The van der Waals surface area contributed by atoms with E-state index >= 15 is 0 Å². The van der Waals surface area contributed by atoms with E-state index in [1.165, 1.54) is 25.9 Å². The fourth-order valence-corrected chi connectivity index (χ4v) is 2.63. The molecule has 4 heteroatoms. The Balaban J connectivity index is 1.75. The van der Waals surface area contributed by atoms with Gasteiger partial charge in [0.05, 0.1) is 25.7 Å². The van der Waals surface area contributed by atoms with E-state index in [-0.39, 0.29) is 12.1 Å². The molecule has 20 heavy (non-hydrogen) atoms. The topological polar surface area (TPSA) is 34.0 Å². The van der Waals surface area contributed by atoms with Crippen molar-refractivity contribution >= 4 is 6.09 Å². The summed E-state index contributed by atoms with van der Waals surface area (Å²) in [5.41, 5.74) is 1.02. The minimum absolute atomic E-state index is 0.214. The lowest BCUT2D eigenvalue weighted by Crippen LogP contribution is -3.11. The van der Waals surface area contributed by atoms with E-state index < -0.39 is 0 Å². The summed E-state index contributed by atoms with van der Waals surface area (Å²) in [5, 5.41) is 0. The first-order chi connectivity index (χ1) is 9.66. The van der Waals surface area contributed by atoms with E-state index in [4.69, 9.17) is 4.74 Å². The van der Waals surface area contributed by atoms with Gasteiger partial charge in [-0.05, 0) is 12.5 Å². The molecule has 1 amide bonds. The minimum Gasteiger partial charge on any atom is -0.445 e. The number of hydrogen-bond acceptors (Lipinski definition) is 2. The van der Waals surface area contributed by atoms with Gasteiger partial charge in [-0.2, -0.15) is 0 Å². The Morgan fingerprint density at radius 2 is 1.95 bits per heavy atom. The van der Waals surface area contributed by atoms with Crippen molar-refractivity contribution in [3.8, 4) is 0 Å². The summed E-state index contributed by atoms with van der Waals surface area (Å²) in [6.45, 7) is 5.91. The number of likely N-dealkylation sites (N-methyl/N-ethyl adjacent to an activating group) is 1. The standard InChI is InChI=1S/C16H24N2O2/c1-14(12-18-10-6-7-11-18)17(2)16(19)20-13-15-8-4-3-5-9-15/h3-5,8-9,14H,6-7,10-13H2,1-2H3/p+1/t14-/m0/s1. The summed E-state index contributed by atoms with van der Waals surface area (Å²) in [4.78, 5) is 15.3. The molecule has 1 atom stereocenters. The van der Waals surface area contributed by atoms with Crippen LogP contribution in [0.2, 0.25) is 0 Å². The Labute approximate surface area is 121 Å². The molecular weight excluding hydrogens is 252 g/mol. The maximum atomic E-state index is 12.0. The first-order valence-corrected chi connectivity index (χ1v) is 7.44. The van der Waals surface area contributed by atoms with Crippen molar-refractivity contribution in [1.29, 1.82) is 0 Å². The van der Waals surface area contributed by atoms with Crippen LogP contribution in [0, 0.1) is 0 Å². The van der Waals surface area contributed by atoms with Gasteiger partial charge in [0, 0.05) is 19.9 Å². The highest BCUT2D eigenvalue weighted by molar-refractivity contribution is 5.67. The maximum Gasteiger partial charge on any atom is 0.410 e. The number of nitrogens with zero attached hydrogens (tertiary/aromatic N) is 1. The normalized spacial score (nSPS) is 16.9. The van der Waals surface area contributed by atoms with E-state index in [2.05, 4.69) is 6.92 Å². The Kier molecular flexibility index (Phi) is 5.41. The summed E-state index contributed by atoms with van der Waals surface area (Å²) >= 11 is 0. The van der Waals surface area contributed by atoms with Crippen molar-refractivity contribution in [1.82, 2.24) is 4.90 Å². The van der Waals surface area contributed by atoms with Crippen LogP contribution in [0.4, 0.5) is 4.79 Å². The van der Waals surface area contributed by atoms with Gasteiger partial charge in [0.25, 0.3) is 0 Å². The van der Waals surface area contributed by atoms with Crippen LogP contribution in [-0.4, -0.2) is 43.7 Å². The molecule has 1 aromatic carbocycles. The molecule has 110 valence electrons. The first kappa shape index (κ1) is 14.9. The second-order valence-electron chi connectivity index (χ2n) is 5.66. The molecule has 1 aliphatic rings. The molecule has 2 rings (SSSR count). The number of carbonyl (C=O) groups excluding carboxylic acids is 1. The van der Waals surface area contributed by atoms with E-state index in [0.717, 1.165) is 12.1 Å². The molecule has 0 unspecified atom stereocenters. The molecule has 0 saturated carbocycles. The summed E-state index contributed by atoms with van der Waals surface area (Å²) in [6.07, 6.45) is 2.38. The van der Waals surface area contributed by atoms with Crippen LogP contribution < -0.4 is 4.90 Å². The maximum absolute atomic E-state index is 12.0. The zero-order valence-electron chi connectivity index (χ0n) is 12.5. The minimum atomic E-state index is -0.236. The van der Waals surface area contributed by atoms with E-state index in [1.807, 2.05) is 37.4 Å². The third kappa shape index (κ3) is 4.23. The van der Waals surface area contributed by atoms with Gasteiger partial charge in [-0.3, -0.25) is 0 Å². The number of hydrogen-bond donors (Lipinski definition) is 1. The second kappa shape index (κ2) is 7.29. The third-order valence-corrected chi connectivity index (χ3v) is 4.05. The molecule has 1 fully saturated rings. The molecule has 0 radical (unpaired) electrons. The zero-order chi connectivity index (χ0) is 14.4. The summed E-state index contributed by atoms with van der Waals surface area (Å²) in [5.74, 6) is 0. The largest absolute Gasteiger partial charge is 0.445 e. The van der Waals surface area contributed by atoms with Gasteiger partial charge in [-0.15, -0.1) is 0 Å². The van der Waals surface area contributed by atoms with Crippen molar-refractivity contribution in [3.05, 3.63) is 35.9 Å². The van der Waals surface area contributed by atoms with Crippen LogP contribution >= 0.6 is 0 Å². The molecule has 4 nitrogen and oxygen atoms in total. The number of amides is 1. The Morgan fingerprint density at radius 1 is 1.30 bits per heavy atom. The predicted molar refractivity (Wildman–Crippen MR) is 78.6 cm³/mol. The molecular formula is C16H25N2O2+. The molecule has 0 aromatic heterocycles. The van der Waals surface area contributed by atoms with Crippen LogP contribution in [0.25, 0.3) is 0 Å². The van der Waals surface area contributed by atoms with Crippen molar-refractivity contribution in [3.63, 3.8) is 0 Å². The molecule has 1 aromatic rings. The molecule has 1 N–H and O–H groups in total. The van der Waals surface area contributed by atoms with Gasteiger partial charge >= 0.3 is 6.09 Å². The molecule has 1 saturated heterocycles. The number of ether oxygens (including phenoxy) is 1. The van der Waals surface area contributed by atoms with E-state index in [0.29, 0.717) is 6.61 Å². The highest BCUT2D eigenvalue weighted by Gasteiger charge is 2.24. The fourth-order valence-electron chi connectivity index (χ4n) is 2.63. The molecule has 1 heterocycles. The molecule has 0 spiro atoms. The third-order valence-electron chi connectivity index (χ3n) is 4.05. The highest BCUT2D eigenvalue weighted by atomic mass is 16.6.